The molecular formula is C25H19Cl2N3O3S. The lowest BCUT2D eigenvalue weighted by atomic mass is 10.2. The van der Waals surface area contributed by atoms with Gasteiger partial charge in [-0.2, -0.15) is 9.50 Å². The topological polar surface area (TPSA) is 69.6 Å². The Morgan fingerprint density at radius 1 is 1.12 bits per heavy atom. The van der Waals surface area contributed by atoms with Crippen LogP contribution in [0.4, 0.5) is 0 Å². The summed E-state index contributed by atoms with van der Waals surface area (Å²) in [4.78, 5) is 17.9. The summed E-state index contributed by atoms with van der Waals surface area (Å²) in [6.45, 7) is 2.81. The monoisotopic (exact) mass is 511 g/mol. The second-order valence-corrected chi connectivity index (χ2v) is 9.37. The molecule has 0 radical (unpaired) electrons. The second-order valence-electron chi connectivity index (χ2n) is 7.58. The number of thiazole rings is 1. The van der Waals surface area contributed by atoms with Gasteiger partial charge in [0.15, 0.2) is 5.82 Å². The molecule has 6 nitrogen and oxygen atoms in total. The number of benzene rings is 2. The van der Waals surface area contributed by atoms with Gasteiger partial charge < -0.3 is 9.15 Å². The number of hydrogen-bond acceptors (Lipinski definition) is 6. The highest BCUT2D eigenvalue weighted by Gasteiger charge is 2.14. The van der Waals surface area contributed by atoms with Crippen LogP contribution in [-0.4, -0.2) is 21.2 Å². The van der Waals surface area contributed by atoms with Gasteiger partial charge in [0.2, 0.25) is 4.96 Å². The van der Waals surface area contributed by atoms with Crippen LogP contribution in [0.1, 0.15) is 25.5 Å². The Kier molecular flexibility index (Phi) is 6.41. The van der Waals surface area contributed by atoms with Crippen LogP contribution in [0.3, 0.4) is 0 Å². The zero-order valence-electron chi connectivity index (χ0n) is 18.1. The van der Waals surface area contributed by atoms with E-state index >= 15 is 0 Å². The van der Waals surface area contributed by atoms with Gasteiger partial charge in [-0.1, -0.05) is 53.9 Å². The lowest BCUT2D eigenvalue weighted by Crippen LogP contribution is -2.23. The van der Waals surface area contributed by atoms with E-state index in [1.54, 1.807) is 30.3 Å². The fourth-order valence-corrected chi connectivity index (χ4v) is 4.67. The fraction of sp³-hybridized carbons (Fsp3) is 0.160. The zero-order valence-corrected chi connectivity index (χ0v) is 20.5. The van der Waals surface area contributed by atoms with Crippen LogP contribution in [-0.2, 0) is 0 Å². The van der Waals surface area contributed by atoms with Gasteiger partial charge in [-0.3, -0.25) is 4.79 Å². The summed E-state index contributed by atoms with van der Waals surface area (Å²) in [7, 11) is 0. The Morgan fingerprint density at radius 2 is 1.94 bits per heavy atom. The molecule has 0 amide bonds. The number of halogens is 2. The quantitative estimate of drug-likeness (QED) is 0.246. The first kappa shape index (κ1) is 22.7. The van der Waals surface area contributed by atoms with Crippen molar-refractivity contribution in [2.45, 2.75) is 19.8 Å². The molecule has 3 heterocycles. The van der Waals surface area contributed by atoms with Crippen LogP contribution in [0.25, 0.3) is 33.7 Å². The Bertz CT molecular complexity index is 1570. The number of hydrogen-bond donors (Lipinski definition) is 0. The third-order valence-corrected chi connectivity index (χ3v) is 6.96. The minimum Gasteiger partial charge on any atom is -0.494 e. The fourth-order valence-electron chi connectivity index (χ4n) is 3.39. The summed E-state index contributed by atoms with van der Waals surface area (Å²) in [5.74, 6) is 2.38. The van der Waals surface area contributed by atoms with E-state index in [1.807, 2.05) is 30.3 Å². The molecular weight excluding hydrogens is 493 g/mol. The highest BCUT2D eigenvalue weighted by molar-refractivity contribution is 7.15. The first-order valence-corrected chi connectivity index (χ1v) is 12.3. The average Bonchev–Trinajstić information content (AvgIpc) is 3.54. The molecule has 0 aliphatic rings. The normalized spacial score (nSPS) is 12.0. The molecule has 34 heavy (non-hydrogen) atoms. The van der Waals surface area contributed by atoms with Crippen LogP contribution in [0.15, 0.2) is 63.8 Å². The van der Waals surface area contributed by atoms with Gasteiger partial charge in [0.05, 0.1) is 16.7 Å². The lowest BCUT2D eigenvalue weighted by Gasteiger charge is -2.05. The molecule has 0 bridgehead atoms. The third-order valence-electron chi connectivity index (χ3n) is 5.18. The molecule has 172 valence electrons. The second kappa shape index (κ2) is 9.62. The predicted molar refractivity (Wildman–Crippen MR) is 136 cm³/mol. The smallest absolute Gasteiger partial charge is 0.291 e. The van der Waals surface area contributed by atoms with Crippen molar-refractivity contribution in [2.24, 2.45) is 0 Å². The van der Waals surface area contributed by atoms with Crippen molar-refractivity contribution >= 4 is 45.6 Å². The summed E-state index contributed by atoms with van der Waals surface area (Å²) >= 11 is 13.6. The van der Waals surface area contributed by atoms with E-state index in [0.717, 1.165) is 24.2 Å². The van der Waals surface area contributed by atoms with Crippen molar-refractivity contribution in [1.82, 2.24) is 14.6 Å². The van der Waals surface area contributed by atoms with Crippen molar-refractivity contribution in [1.29, 1.82) is 0 Å². The first-order valence-electron chi connectivity index (χ1n) is 10.7. The Labute approximate surface area is 209 Å². The molecule has 0 aliphatic heterocycles. The van der Waals surface area contributed by atoms with Crippen molar-refractivity contribution in [3.8, 4) is 28.5 Å². The number of fused-ring (bicyclic) bond motifs is 1. The highest BCUT2D eigenvalue weighted by Crippen LogP contribution is 2.34. The maximum absolute atomic E-state index is 12.9. The maximum Gasteiger partial charge on any atom is 0.291 e. The first-order chi connectivity index (χ1) is 16.5. The molecule has 0 unspecified atom stereocenters. The van der Waals surface area contributed by atoms with Crippen molar-refractivity contribution < 1.29 is 9.15 Å². The minimum absolute atomic E-state index is 0.253. The maximum atomic E-state index is 12.9. The number of unbranched alkanes of at least 4 members (excludes halogenated alkanes) is 1. The number of nitrogens with zero attached hydrogens (tertiary/aromatic N) is 3. The zero-order chi connectivity index (χ0) is 23.7. The van der Waals surface area contributed by atoms with E-state index in [9.17, 15) is 4.79 Å². The van der Waals surface area contributed by atoms with Gasteiger partial charge in [0.1, 0.15) is 21.8 Å². The molecule has 0 atom stereocenters. The molecule has 0 fully saturated rings. The molecule has 3 aromatic heterocycles. The molecule has 0 saturated heterocycles. The van der Waals surface area contributed by atoms with E-state index in [2.05, 4.69) is 17.0 Å². The minimum atomic E-state index is -0.253. The van der Waals surface area contributed by atoms with Gasteiger partial charge in [0.25, 0.3) is 5.56 Å². The van der Waals surface area contributed by atoms with Crippen LogP contribution >= 0.6 is 34.5 Å². The summed E-state index contributed by atoms with van der Waals surface area (Å²) in [5.41, 5.74) is 1.25. The van der Waals surface area contributed by atoms with E-state index in [-0.39, 0.29) is 5.56 Å². The Balaban J connectivity index is 1.41. The van der Waals surface area contributed by atoms with Gasteiger partial charge in [0, 0.05) is 17.2 Å². The van der Waals surface area contributed by atoms with Gasteiger partial charge in [-0.05, 0) is 55.0 Å². The largest absolute Gasteiger partial charge is 0.494 e. The molecule has 0 N–H and O–H groups in total. The van der Waals surface area contributed by atoms with Crippen molar-refractivity contribution in [3.05, 3.63) is 85.3 Å². The molecule has 0 aliphatic carbocycles. The van der Waals surface area contributed by atoms with Gasteiger partial charge in [-0.15, -0.1) is 5.10 Å². The molecule has 5 aromatic rings. The van der Waals surface area contributed by atoms with Crippen LogP contribution in [0.5, 0.6) is 5.75 Å². The molecule has 0 spiro atoms. The molecule has 0 saturated carbocycles. The average molecular weight is 512 g/mol. The van der Waals surface area contributed by atoms with Crippen LogP contribution in [0.2, 0.25) is 10.0 Å². The molecule has 9 heteroatoms. The van der Waals surface area contributed by atoms with Gasteiger partial charge in [-0.25, -0.2) is 0 Å². The number of aromatic nitrogens is 3. The predicted octanol–water partition coefficient (Wildman–Crippen LogP) is 6.11. The summed E-state index contributed by atoms with van der Waals surface area (Å²) in [5, 5.41) is 5.27. The third kappa shape index (κ3) is 4.46. The summed E-state index contributed by atoms with van der Waals surface area (Å²) < 4.78 is 13.4. The summed E-state index contributed by atoms with van der Waals surface area (Å²) in [6.07, 6.45) is 3.77. The number of furan rings is 1. The van der Waals surface area contributed by atoms with Crippen molar-refractivity contribution in [3.63, 3.8) is 0 Å². The number of rotatable bonds is 7. The highest BCUT2D eigenvalue weighted by atomic mass is 35.5. The molecule has 5 rings (SSSR count). The SMILES string of the molecule is CCCCOc1ccc(-c2nc3s/c(=C\c4ccc(-c5cccc(Cl)c5Cl)o4)c(=O)n3n2)cc1. The Hall–Kier alpha value is -3.13. The summed E-state index contributed by atoms with van der Waals surface area (Å²) in [6, 6.07) is 16.5. The van der Waals surface area contributed by atoms with Crippen LogP contribution < -0.4 is 14.8 Å². The van der Waals surface area contributed by atoms with Crippen LogP contribution in [0, 0.1) is 0 Å². The number of ether oxygens (including phenoxy) is 1. The van der Waals surface area contributed by atoms with E-state index in [0.29, 0.717) is 49.1 Å². The Morgan fingerprint density at radius 3 is 2.71 bits per heavy atom. The van der Waals surface area contributed by atoms with Crippen molar-refractivity contribution in [2.75, 3.05) is 6.61 Å². The van der Waals surface area contributed by atoms with Gasteiger partial charge >= 0.3 is 0 Å². The molecule has 2 aromatic carbocycles. The van der Waals surface area contributed by atoms with E-state index < -0.39 is 0 Å². The van der Waals surface area contributed by atoms with E-state index in [4.69, 9.17) is 32.4 Å². The standard InChI is InChI=1S/C25H19Cl2N3O3S/c1-2-3-13-32-16-9-7-15(8-10-16)23-28-25-30(29-23)24(31)21(34-25)14-17-11-12-20(33-17)18-5-4-6-19(26)22(18)27/h4-12,14H,2-3,13H2,1H3/b21-14-. The lowest BCUT2D eigenvalue weighted by molar-refractivity contribution is 0.309. The van der Waals surface area contributed by atoms with E-state index in [1.165, 1.54) is 15.9 Å².